The molecule has 0 amide bonds. The molecule has 0 fully saturated rings. The number of rotatable bonds is 18. The van der Waals surface area contributed by atoms with E-state index in [1.54, 1.807) is 0 Å². The van der Waals surface area contributed by atoms with E-state index in [0.29, 0.717) is 25.7 Å². The topological polar surface area (TPSA) is 77.4 Å². The molecule has 0 aromatic rings. The Bertz CT molecular complexity index is 387. The van der Waals surface area contributed by atoms with Gasteiger partial charge >= 0.3 is 51.4 Å². The van der Waals surface area contributed by atoms with Gasteiger partial charge in [0.1, 0.15) is 0 Å². The zero-order chi connectivity index (χ0) is 19.0. The van der Waals surface area contributed by atoms with Crippen LogP contribution in [-0.2, 0) is 10.1 Å². The molecule has 0 heterocycles. The number of aliphatic hydroxyl groups is 1. The predicted molar refractivity (Wildman–Crippen MR) is 105 cm³/mol. The fourth-order valence-corrected chi connectivity index (χ4v) is 4.21. The van der Waals surface area contributed by atoms with Crippen LogP contribution in [-0.4, -0.2) is 29.4 Å². The summed E-state index contributed by atoms with van der Waals surface area (Å²) in [5, 5.41) is 9.13. The second-order valence-corrected chi connectivity index (χ2v) is 9.11. The Morgan fingerprint density at radius 1 is 0.692 bits per heavy atom. The number of unbranched alkanes of at least 4 members (excludes halogenated alkanes) is 9. The summed E-state index contributed by atoms with van der Waals surface area (Å²) in [6.07, 6.45) is 15.0. The van der Waals surface area contributed by atoms with Crippen LogP contribution < -0.4 is 51.4 Å². The van der Waals surface area contributed by atoms with Crippen LogP contribution in [0.3, 0.4) is 0 Å². The second kappa shape index (κ2) is 19.8. The van der Waals surface area contributed by atoms with E-state index < -0.39 is 15.4 Å². The van der Waals surface area contributed by atoms with Gasteiger partial charge in [-0.05, 0) is 32.1 Å². The predicted octanol–water partition coefficient (Wildman–Crippen LogP) is 2.55. The van der Waals surface area contributed by atoms with Crippen molar-refractivity contribution in [3.8, 4) is 0 Å². The minimum atomic E-state index is -4.22. The van der Waals surface area contributed by atoms with Crippen LogP contribution >= 0.6 is 0 Å². The van der Waals surface area contributed by atoms with Crippen molar-refractivity contribution in [2.75, 3.05) is 0 Å². The molecule has 0 aliphatic rings. The summed E-state index contributed by atoms with van der Waals surface area (Å²) in [6, 6.07) is 0. The van der Waals surface area contributed by atoms with Crippen molar-refractivity contribution >= 4 is 10.1 Å². The standard InChI is InChI=1S/C20H42O4S.K/c1-3-5-7-8-9-10-11-13-17-20(25(22,23)24)18-14-16-19(21)15-12-6-4-2;/h19-21H,3-18H2,1-2H3,(H,22,23,24);/q;+1/p-1. The van der Waals surface area contributed by atoms with Gasteiger partial charge in [-0.2, -0.15) is 0 Å². The van der Waals surface area contributed by atoms with Crippen LogP contribution in [0, 0.1) is 0 Å². The van der Waals surface area contributed by atoms with Gasteiger partial charge in [-0.15, -0.1) is 0 Å². The molecule has 0 radical (unpaired) electrons. The molecule has 0 rings (SSSR count). The van der Waals surface area contributed by atoms with Gasteiger partial charge in [0.15, 0.2) is 0 Å². The fourth-order valence-electron chi connectivity index (χ4n) is 3.29. The summed E-state index contributed by atoms with van der Waals surface area (Å²) in [7, 11) is -4.22. The van der Waals surface area contributed by atoms with Gasteiger partial charge in [0.05, 0.1) is 16.2 Å². The van der Waals surface area contributed by atoms with E-state index in [1.165, 1.54) is 32.1 Å². The fraction of sp³-hybridized carbons (Fsp3) is 1.00. The van der Waals surface area contributed by atoms with Crippen LogP contribution in [0.1, 0.15) is 117 Å². The molecule has 2 atom stereocenters. The van der Waals surface area contributed by atoms with Crippen molar-refractivity contribution in [3.05, 3.63) is 0 Å². The first-order valence-electron chi connectivity index (χ1n) is 10.5. The maximum Gasteiger partial charge on any atom is 1.00 e. The quantitative estimate of drug-likeness (QED) is 0.212. The van der Waals surface area contributed by atoms with Crippen LogP contribution in [0.4, 0.5) is 0 Å². The van der Waals surface area contributed by atoms with E-state index in [0.717, 1.165) is 44.9 Å². The molecule has 2 unspecified atom stereocenters. The normalized spacial score (nSPS) is 14.0. The summed E-state index contributed by atoms with van der Waals surface area (Å²) in [4.78, 5) is 0. The third-order valence-electron chi connectivity index (χ3n) is 4.99. The average Bonchev–Trinajstić information content (AvgIpc) is 2.54. The summed E-state index contributed by atoms with van der Waals surface area (Å²) < 4.78 is 34.3. The Morgan fingerprint density at radius 2 is 1.08 bits per heavy atom. The maximum atomic E-state index is 11.4. The Hall–Kier alpha value is 1.51. The van der Waals surface area contributed by atoms with Crippen LogP contribution in [0.25, 0.3) is 0 Å². The first-order chi connectivity index (χ1) is 11.9. The maximum absolute atomic E-state index is 11.4. The van der Waals surface area contributed by atoms with Gasteiger partial charge in [0, 0.05) is 5.25 Å². The summed E-state index contributed by atoms with van der Waals surface area (Å²) >= 11 is 0. The Labute approximate surface area is 205 Å². The molecule has 0 saturated heterocycles. The summed E-state index contributed by atoms with van der Waals surface area (Å²) in [5.41, 5.74) is 0. The molecule has 0 aliphatic heterocycles. The zero-order valence-electron chi connectivity index (χ0n) is 17.5. The SMILES string of the molecule is CCCCCCCCCCC(CCCC(O)CCCCC)S(=O)(=O)[O-].[K+]. The molecule has 6 heteroatoms. The van der Waals surface area contributed by atoms with Gasteiger partial charge < -0.3 is 9.66 Å². The van der Waals surface area contributed by atoms with Crippen molar-refractivity contribution < 1.29 is 69.5 Å². The molecule has 1 N–H and O–H groups in total. The largest absolute Gasteiger partial charge is 1.00 e. The Kier molecular flexibility index (Phi) is 22.6. The van der Waals surface area contributed by atoms with E-state index in [4.69, 9.17) is 0 Å². The van der Waals surface area contributed by atoms with Crippen molar-refractivity contribution in [1.82, 2.24) is 0 Å². The number of aliphatic hydroxyl groups excluding tert-OH is 1. The minimum Gasteiger partial charge on any atom is -0.748 e. The molecule has 0 aromatic carbocycles. The van der Waals surface area contributed by atoms with Gasteiger partial charge in [0.2, 0.25) is 0 Å². The first-order valence-corrected chi connectivity index (χ1v) is 12.0. The van der Waals surface area contributed by atoms with Crippen LogP contribution in [0.2, 0.25) is 0 Å². The van der Waals surface area contributed by atoms with Crippen LogP contribution in [0.5, 0.6) is 0 Å². The van der Waals surface area contributed by atoms with E-state index >= 15 is 0 Å². The summed E-state index contributed by atoms with van der Waals surface area (Å²) in [5.74, 6) is 0. The van der Waals surface area contributed by atoms with Gasteiger partial charge in [0.25, 0.3) is 0 Å². The van der Waals surface area contributed by atoms with E-state index in [2.05, 4.69) is 13.8 Å². The Balaban J connectivity index is 0. The molecule has 0 spiro atoms. The molecular weight excluding hydrogens is 375 g/mol. The first kappa shape index (κ1) is 29.7. The van der Waals surface area contributed by atoms with Crippen molar-refractivity contribution in [1.29, 1.82) is 0 Å². The van der Waals surface area contributed by atoms with Gasteiger partial charge in [-0.25, -0.2) is 8.42 Å². The van der Waals surface area contributed by atoms with Crippen LogP contribution in [0.15, 0.2) is 0 Å². The average molecular weight is 417 g/mol. The molecule has 0 aromatic heterocycles. The third kappa shape index (κ3) is 18.9. The van der Waals surface area contributed by atoms with Gasteiger partial charge in [-0.1, -0.05) is 84.5 Å². The zero-order valence-corrected chi connectivity index (χ0v) is 21.5. The third-order valence-corrected chi connectivity index (χ3v) is 6.28. The smallest absolute Gasteiger partial charge is 0.748 e. The number of hydrogen-bond acceptors (Lipinski definition) is 4. The summed E-state index contributed by atoms with van der Waals surface area (Å²) in [6.45, 7) is 4.33. The van der Waals surface area contributed by atoms with Gasteiger partial charge in [-0.3, -0.25) is 0 Å². The van der Waals surface area contributed by atoms with E-state index in [-0.39, 0.29) is 57.5 Å². The molecule has 4 nitrogen and oxygen atoms in total. The van der Waals surface area contributed by atoms with Crippen molar-refractivity contribution in [3.63, 3.8) is 0 Å². The second-order valence-electron chi connectivity index (χ2n) is 7.46. The number of hydrogen-bond donors (Lipinski definition) is 1. The molecule has 0 saturated carbocycles. The molecule has 0 aliphatic carbocycles. The molecule has 152 valence electrons. The van der Waals surface area contributed by atoms with Crippen molar-refractivity contribution in [2.24, 2.45) is 0 Å². The molecular formula is C20H41KO4S. The molecule has 0 bridgehead atoms. The Morgan fingerprint density at radius 3 is 1.62 bits per heavy atom. The minimum absolute atomic E-state index is 0. The monoisotopic (exact) mass is 416 g/mol. The van der Waals surface area contributed by atoms with Crippen molar-refractivity contribution in [2.45, 2.75) is 128 Å². The van der Waals surface area contributed by atoms with E-state index in [9.17, 15) is 18.1 Å². The molecule has 26 heavy (non-hydrogen) atoms. The van der Waals surface area contributed by atoms with E-state index in [1.807, 2.05) is 0 Å².